The lowest BCUT2D eigenvalue weighted by Crippen LogP contribution is -2.54. The monoisotopic (exact) mass is 416 g/mol. The lowest BCUT2D eigenvalue weighted by Gasteiger charge is -2.40. The second-order valence-corrected chi connectivity index (χ2v) is 8.51. The molecule has 0 aliphatic carbocycles. The van der Waals surface area contributed by atoms with Gasteiger partial charge in [-0.05, 0) is 49.1 Å². The minimum absolute atomic E-state index is 0.0430. The highest BCUT2D eigenvalue weighted by Gasteiger charge is 2.31. The van der Waals surface area contributed by atoms with Crippen molar-refractivity contribution in [3.8, 4) is 0 Å². The first kappa shape index (κ1) is 19.7. The van der Waals surface area contributed by atoms with E-state index in [0.29, 0.717) is 13.1 Å². The smallest absolute Gasteiger partial charge is 0.317 e. The third kappa shape index (κ3) is 4.02. The van der Waals surface area contributed by atoms with Crippen molar-refractivity contribution in [2.75, 3.05) is 26.2 Å². The lowest BCUT2D eigenvalue weighted by atomic mass is 10.0. The molecular formula is C25H28N4O2. The van der Waals surface area contributed by atoms with E-state index in [4.69, 9.17) is 0 Å². The fourth-order valence-corrected chi connectivity index (χ4v) is 4.81. The number of hydrogen-bond acceptors (Lipinski definition) is 2. The Kier molecular flexibility index (Phi) is 5.37. The molecule has 3 amide bonds. The molecule has 2 aromatic carbocycles. The molecule has 0 bridgehead atoms. The summed E-state index contributed by atoms with van der Waals surface area (Å²) in [4.78, 5) is 29.1. The molecule has 1 aromatic heterocycles. The molecule has 0 unspecified atom stereocenters. The van der Waals surface area contributed by atoms with Gasteiger partial charge in [-0.1, -0.05) is 30.3 Å². The van der Waals surface area contributed by atoms with Crippen LogP contribution in [0, 0.1) is 0 Å². The summed E-state index contributed by atoms with van der Waals surface area (Å²) in [6, 6.07) is 18.7. The number of rotatable bonds is 4. The highest BCUT2D eigenvalue weighted by atomic mass is 16.2. The summed E-state index contributed by atoms with van der Waals surface area (Å²) in [5, 5.41) is 4.01. The quantitative estimate of drug-likeness (QED) is 0.705. The summed E-state index contributed by atoms with van der Waals surface area (Å²) >= 11 is 0. The zero-order valence-electron chi connectivity index (χ0n) is 17.7. The Balaban J connectivity index is 1.25. The van der Waals surface area contributed by atoms with Crippen LogP contribution < -0.4 is 5.32 Å². The first-order valence-electron chi connectivity index (χ1n) is 11.2. The Morgan fingerprint density at radius 1 is 1.00 bits per heavy atom. The van der Waals surface area contributed by atoms with Crippen LogP contribution in [0.2, 0.25) is 0 Å². The molecule has 0 spiro atoms. The van der Waals surface area contributed by atoms with Gasteiger partial charge in [-0.25, -0.2) is 4.79 Å². The lowest BCUT2D eigenvalue weighted by molar-refractivity contribution is 0.0643. The molecule has 3 aromatic rings. The molecule has 2 fully saturated rings. The van der Waals surface area contributed by atoms with Crippen LogP contribution in [0.25, 0.3) is 10.9 Å². The molecule has 2 aliphatic heterocycles. The predicted molar refractivity (Wildman–Crippen MR) is 121 cm³/mol. The fourth-order valence-electron chi connectivity index (χ4n) is 4.81. The van der Waals surface area contributed by atoms with Crippen molar-refractivity contribution in [2.45, 2.75) is 31.8 Å². The van der Waals surface area contributed by atoms with Gasteiger partial charge in [0.25, 0.3) is 5.91 Å². The van der Waals surface area contributed by atoms with Crippen LogP contribution in [0.15, 0.2) is 60.8 Å². The van der Waals surface area contributed by atoms with Gasteiger partial charge < -0.3 is 19.7 Å². The van der Waals surface area contributed by atoms with E-state index in [0.717, 1.165) is 55.4 Å². The minimum atomic E-state index is 0.0430. The van der Waals surface area contributed by atoms with Gasteiger partial charge in [0.05, 0.1) is 0 Å². The standard InChI is InChI=1S/C25H28N4O2/c30-24(27-15-10-22(11-16-27)29-13-4-12-26-25(29)31)21-7-8-23-20(17-21)9-14-28(23)18-19-5-2-1-3-6-19/h1-3,5-9,14,17,22H,4,10-13,15-16,18H2,(H,26,31). The number of piperidine rings is 1. The zero-order chi connectivity index (χ0) is 21.2. The van der Waals surface area contributed by atoms with Crippen molar-refractivity contribution in [3.63, 3.8) is 0 Å². The number of benzene rings is 2. The van der Waals surface area contributed by atoms with Crippen molar-refractivity contribution in [2.24, 2.45) is 0 Å². The highest BCUT2D eigenvalue weighted by Crippen LogP contribution is 2.23. The molecular weight excluding hydrogens is 388 g/mol. The first-order chi connectivity index (χ1) is 15.2. The summed E-state index contributed by atoms with van der Waals surface area (Å²) in [6.07, 6.45) is 4.76. The second-order valence-electron chi connectivity index (χ2n) is 8.51. The van der Waals surface area contributed by atoms with Crippen molar-refractivity contribution < 1.29 is 9.59 Å². The van der Waals surface area contributed by atoms with E-state index in [-0.39, 0.29) is 18.0 Å². The van der Waals surface area contributed by atoms with Crippen LogP contribution in [0.3, 0.4) is 0 Å². The summed E-state index contributed by atoms with van der Waals surface area (Å²) in [5.41, 5.74) is 3.12. The number of amides is 3. The largest absolute Gasteiger partial charge is 0.343 e. The molecule has 2 saturated heterocycles. The molecule has 31 heavy (non-hydrogen) atoms. The number of nitrogens with zero attached hydrogens (tertiary/aromatic N) is 3. The number of hydrogen-bond donors (Lipinski definition) is 1. The van der Waals surface area contributed by atoms with E-state index in [1.54, 1.807) is 0 Å². The molecule has 1 N–H and O–H groups in total. The maximum atomic E-state index is 13.1. The van der Waals surface area contributed by atoms with E-state index >= 15 is 0 Å². The van der Waals surface area contributed by atoms with E-state index in [2.05, 4.69) is 52.5 Å². The molecule has 160 valence electrons. The number of urea groups is 1. The number of carbonyl (C=O) groups excluding carboxylic acids is 2. The Bertz CT molecular complexity index is 1080. The molecule has 6 nitrogen and oxygen atoms in total. The summed E-state index contributed by atoms with van der Waals surface area (Å²) in [6.45, 7) is 3.79. The van der Waals surface area contributed by atoms with Gasteiger partial charge in [-0.3, -0.25) is 4.79 Å². The Labute approximate surface area is 182 Å². The Hall–Kier alpha value is -3.28. The van der Waals surface area contributed by atoms with Crippen LogP contribution in [0.5, 0.6) is 0 Å². The molecule has 5 rings (SSSR count). The Morgan fingerprint density at radius 3 is 2.58 bits per heavy atom. The molecule has 0 radical (unpaired) electrons. The van der Waals surface area contributed by atoms with Crippen LogP contribution in [0.4, 0.5) is 4.79 Å². The maximum absolute atomic E-state index is 13.1. The van der Waals surface area contributed by atoms with Crippen LogP contribution in [0.1, 0.15) is 35.2 Å². The molecule has 6 heteroatoms. The van der Waals surface area contributed by atoms with Crippen LogP contribution in [-0.2, 0) is 6.54 Å². The van der Waals surface area contributed by atoms with Gasteiger partial charge >= 0.3 is 6.03 Å². The number of likely N-dealkylation sites (tertiary alicyclic amines) is 1. The van der Waals surface area contributed by atoms with E-state index < -0.39 is 0 Å². The van der Waals surface area contributed by atoms with Crippen molar-refractivity contribution in [1.82, 2.24) is 19.7 Å². The zero-order valence-corrected chi connectivity index (χ0v) is 17.7. The molecule has 0 atom stereocenters. The van der Waals surface area contributed by atoms with Gasteiger partial charge in [-0.2, -0.15) is 0 Å². The molecule has 0 saturated carbocycles. The highest BCUT2D eigenvalue weighted by molar-refractivity contribution is 5.98. The van der Waals surface area contributed by atoms with Gasteiger partial charge in [-0.15, -0.1) is 0 Å². The summed E-state index contributed by atoms with van der Waals surface area (Å²) < 4.78 is 2.22. The average molecular weight is 417 g/mol. The van der Waals surface area contributed by atoms with E-state index in [1.165, 1.54) is 5.56 Å². The SMILES string of the molecule is O=C(c1ccc2c(ccn2Cc2ccccc2)c1)N1CCC(N2CCCNC2=O)CC1. The van der Waals surface area contributed by atoms with Crippen LogP contribution in [-0.4, -0.2) is 58.5 Å². The topological polar surface area (TPSA) is 57.6 Å². The molecule has 2 aliphatic rings. The van der Waals surface area contributed by atoms with Crippen molar-refractivity contribution in [1.29, 1.82) is 0 Å². The number of nitrogens with one attached hydrogen (secondary N) is 1. The average Bonchev–Trinajstić information content (AvgIpc) is 3.22. The number of aromatic nitrogens is 1. The fraction of sp³-hybridized carbons (Fsp3) is 0.360. The van der Waals surface area contributed by atoms with Crippen LogP contribution >= 0.6 is 0 Å². The third-order valence-electron chi connectivity index (χ3n) is 6.52. The first-order valence-corrected chi connectivity index (χ1v) is 11.2. The predicted octanol–water partition coefficient (Wildman–Crippen LogP) is 3.71. The third-order valence-corrected chi connectivity index (χ3v) is 6.52. The summed E-state index contributed by atoms with van der Waals surface area (Å²) in [7, 11) is 0. The number of fused-ring (bicyclic) bond motifs is 1. The van der Waals surface area contributed by atoms with Gasteiger partial charge in [0.15, 0.2) is 0 Å². The summed E-state index contributed by atoms with van der Waals surface area (Å²) in [5.74, 6) is 0.0826. The van der Waals surface area contributed by atoms with Gasteiger partial charge in [0, 0.05) is 61.4 Å². The second kappa shape index (κ2) is 8.46. The Morgan fingerprint density at radius 2 is 1.81 bits per heavy atom. The van der Waals surface area contributed by atoms with Crippen molar-refractivity contribution in [3.05, 3.63) is 71.9 Å². The normalized spacial score (nSPS) is 17.7. The van der Waals surface area contributed by atoms with Crippen molar-refractivity contribution >= 4 is 22.8 Å². The van der Waals surface area contributed by atoms with Gasteiger partial charge in [0.2, 0.25) is 0 Å². The number of carbonyl (C=O) groups is 2. The van der Waals surface area contributed by atoms with Gasteiger partial charge in [0.1, 0.15) is 0 Å². The molecule has 3 heterocycles. The van der Waals surface area contributed by atoms with E-state index in [9.17, 15) is 9.59 Å². The van der Waals surface area contributed by atoms with E-state index in [1.807, 2.05) is 28.0 Å². The maximum Gasteiger partial charge on any atom is 0.317 e. The minimum Gasteiger partial charge on any atom is -0.343 e.